The van der Waals surface area contributed by atoms with Gasteiger partial charge in [0.05, 0.1) is 19.2 Å². The summed E-state index contributed by atoms with van der Waals surface area (Å²) in [5.74, 6) is -0.511. The van der Waals surface area contributed by atoms with Gasteiger partial charge in [-0.15, -0.1) is 0 Å². The maximum absolute atomic E-state index is 14.8. The van der Waals surface area contributed by atoms with E-state index in [1.807, 2.05) is 36.4 Å². The monoisotopic (exact) mass is 520 g/mol. The van der Waals surface area contributed by atoms with Crippen LogP contribution >= 0.6 is 0 Å². The lowest BCUT2D eigenvalue weighted by molar-refractivity contribution is -0.141. The Balaban J connectivity index is 1.70. The summed E-state index contributed by atoms with van der Waals surface area (Å²) < 4.78 is 26.6. The number of pyridine rings is 1. The van der Waals surface area contributed by atoms with Gasteiger partial charge in [0.1, 0.15) is 17.7 Å². The number of hydrogen-bond donors (Lipinski definition) is 1. The Morgan fingerprint density at radius 2 is 2.00 bits per heavy atom. The number of methoxy groups -OCH3 is 1. The highest BCUT2D eigenvalue weighted by atomic mass is 19.1. The third-order valence-corrected chi connectivity index (χ3v) is 7.43. The number of halogens is 1. The van der Waals surface area contributed by atoms with Gasteiger partial charge in [-0.05, 0) is 87.0 Å². The quantitative estimate of drug-likeness (QED) is 0.368. The largest absolute Gasteiger partial charge is 0.485 e. The smallest absolute Gasteiger partial charge is 0.306 e. The molecule has 2 atom stereocenters. The van der Waals surface area contributed by atoms with Gasteiger partial charge < -0.3 is 14.6 Å². The molecular formula is C31H37FN2O4. The van der Waals surface area contributed by atoms with Crippen molar-refractivity contribution in [3.05, 3.63) is 76.7 Å². The first-order valence-electron chi connectivity index (χ1n) is 13.0. The van der Waals surface area contributed by atoms with Gasteiger partial charge in [0.15, 0.2) is 0 Å². The Hall–Kier alpha value is -3.45. The molecule has 3 aromatic rings. The van der Waals surface area contributed by atoms with E-state index in [9.17, 15) is 14.3 Å². The minimum Gasteiger partial charge on any atom is -0.485 e. The number of carboxylic acid groups (broad SMARTS) is 1. The van der Waals surface area contributed by atoms with Gasteiger partial charge in [-0.25, -0.2) is 9.37 Å². The summed E-state index contributed by atoms with van der Waals surface area (Å²) in [5, 5.41) is 9.31. The number of rotatable bonds is 8. The third-order valence-electron chi connectivity index (χ3n) is 7.43. The molecule has 1 N–H and O–H groups in total. The van der Waals surface area contributed by atoms with Crippen LogP contribution in [-0.4, -0.2) is 40.7 Å². The summed E-state index contributed by atoms with van der Waals surface area (Å²) in [4.78, 5) is 17.6. The molecule has 0 bridgehead atoms. The number of fused-ring (bicyclic) bond motifs is 1. The van der Waals surface area contributed by atoms with Crippen molar-refractivity contribution in [1.29, 1.82) is 0 Å². The Labute approximate surface area is 224 Å². The molecule has 202 valence electrons. The topological polar surface area (TPSA) is 71.9 Å². The third kappa shape index (κ3) is 6.16. The molecule has 0 aliphatic carbocycles. The van der Waals surface area contributed by atoms with Gasteiger partial charge in [-0.3, -0.25) is 9.69 Å². The highest BCUT2D eigenvalue weighted by molar-refractivity contribution is 5.70. The molecule has 0 amide bonds. The van der Waals surface area contributed by atoms with Crippen LogP contribution in [0.4, 0.5) is 4.39 Å². The molecule has 2 aromatic carbocycles. The number of nitrogens with zero attached hydrogens (tertiary/aromatic N) is 2. The van der Waals surface area contributed by atoms with Gasteiger partial charge in [-0.2, -0.15) is 0 Å². The standard InChI is InChI=1S/C31H37FN2O4/c1-19(30(35)36)13-20-7-8-21-10-12-27(38-28(21)14-20)24-11-9-22(15-23(24)18-34(5)31(2,3)4)25-16-29(37-6)33-17-26(25)32/h7-9,11,14-17,19,27H,10,12-13,18H2,1-6H3,(H,35,36)/t19-,27?/m0/s1. The summed E-state index contributed by atoms with van der Waals surface area (Å²) in [7, 11) is 3.60. The Bertz CT molecular complexity index is 1320. The molecule has 2 heterocycles. The molecule has 38 heavy (non-hydrogen) atoms. The summed E-state index contributed by atoms with van der Waals surface area (Å²) in [6.45, 7) is 8.87. The van der Waals surface area contributed by atoms with Crippen molar-refractivity contribution in [2.24, 2.45) is 5.92 Å². The lowest BCUT2D eigenvalue weighted by Gasteiger charge is -2.34. The molecule has 1 unspecified atom stereocenters. The van der Waals surface area contributed by atoms with Crippen LogP contribution in [0.15, 0.2) is 48.7 Å². The fourth-order valence-electron chi connectivity index (χ4n) is 4.67. The molecule has 0 saturated heterocycles. The molecule has 7 heteroatoms. The summed E-state index contributed by atoms with van der Waals surface area (Å²) in [6.07, 6.45) is 3.16. The van der Waals surface area contributed by atoms with Crippen molar-refractivity contribution in [1.82, 2.24) is 9.88 Å². The molecular weight excluding hydrogens is 483 g/mol. The Morgan fingerprint density at radius 3 is 2.68 bits per heavy atom. The zero-order valence-corrected chi connectivity index (χ0v) is 23.0. The van der Waals surface area contributed by atoms with Gasteiger partial charge in [0.2, 0.25) is 5.88 Å². The van der Waals surface area contributed by atoms with E-state index in [4.69, 9.17) is 9.47 Å². The zero-order valence-electron chi connectivity index (χ0n) is 23.0. The number of benzene rings is 2. The van der Waals surface area contributed by atoms with Gasteiger partial charge >= 0.3 is 5.97 Å². The van der Waals surface area contributed by atoms with Crippen molar-refractivity contribution in [2.45, 2.75) is 65.1 Å². The predicted octanol–water partition coefficient (Wildman–Crippen LogP) is 6.46. The van der Waals surface area contributed by atoms with E-state index in [-0.39, 0.29) is 11.6 Å². The normalized spacial score (nSPS) is 16.1. The first kappa shape index (κ1) is 27.6. The second-order valence-corrected chi connectivity index (χ2v) is 11.2. The minimum absolute atomic E-state index is 0.0613. The maximum Gasteiger partial charge on any atom is 0.306 e. The molecule has 0 spiro atoms. The number of aryl methyl sites for hydroxylation is 1. The van der Waals surface area contributed by atoms with Crippen molar-refractivity contribution in [3.8, 4) is 22.8 Å². The van der Waals surface area contributed by atoms with Crippen LogP contribution in [0.1, 0.15) is 62.5 Å². The second-order valence-electron chi connectivity index (χ2n) is 11.2. The summed E-state index contributed by atoms with van der Waals surface area (Å²) in [5.41, 5.74) is 5.35. The maximum atomic E-state index is 14.8. The molecule has 1 aliphatic rings. The Kier molecular flexibility index (Phi) is 8.07. The van der Waals surface area contributed by atoms with E-state index >= 15 is 0 Å². The number of aliphatic carboxylic acids is 1. The highest BCUT2D eigenvalue weighted by Gasteiger charge is 2.27. The van der Waals surface area contributed by atoms with E-state index < -0.39 is 17.7 Å². The van der Waals surface area contributed by atoms with E-state index in [2.05, 4.69) is 37.7 Å². The average Bonchev–Trinajstić information content (AvgIpc) is 2.88. The molecule has 1 aliphatic heterocycles. The molecule has 1 aromatic heterocycles. The van der Waals surface area contributed by atoms with Crippen molar-refractivity contribution < 1.29 is 23.8 Å². The van der Waals surface area contributed by atoms with Crippen LogP contribution < -0.4 is 9.47 Å². The van der Waals surface area contributed by atoms with Crippen LogP contribution in [0.2, 0.25) is 0 Å². The van der Waals surface area contributed by atoms with E-state index in [1.165, 1.54) is 13.3 Å². The van der Waals surface area contributed by atoms with Crippen molar-refractivity contribution in [3.63, 3.8) is 0 Å². The molecule has 0 saturated carbocycles. The SMILES string of the molecule is COc1cc(-c2ccc(C3CCc4ccc(C[C@H](C)C(=O)O)cc4O3)c(CN(C)C(C)(C)C)c2)c(F)cn1. The number of carbonyl (C=O) groups is 1. The fraction of sp³-hybridized carbons (Fsp3) is 0.419. The lowest BCUT2D eigenvalue weighted by atomic mass is 9.90. The lowest BCUT2D eigenvalue weighted by Crippen LogP contribution is -2.37. The molecule has 6 nitrogen and oxygen atoms in total. The zero-order chi connectivity index (χ0) is 27.6. The fourth-order valence-corrected chi connectivity index (χ4v) is 4.67. The van der Waals surface area contributed by atoms with Gasteiger partial charge in [-0.1, -0.05) is 31.2 Å². The molecule has 0 fully saturated rings. The minimum atomic E-state index is -0.808. The molecule has 4 rings (SSSR count). The second kappa shape index (κ2) is 11.1. The summed E-state index contributed by atoms with van der Waals surface area (Å²) in [6, 6.07) is 13.7. The van der Waals surface area contributed by atoms with Gasteiger partial charge in [0.25, 0.3) is 0 Å². The van der Waals surface area contributed by atoms with Crippen LogP contribution in [0.25, 0.3) is 11.1 Å². The predicted molar refractivity (Wildman–Crippen MR) is 146 cm³/mol. The number of carboxylic acids is 1. The number of hydrogen-bond acceptors (Lipinski definition) is 5. The van der Waals surface area contributed by atoms with E-state index in [1.54, 1.807) is 13.0 Å². The average molecular weight is 521 g/mol. The van der Waals surface area contributed by atoms with Gasteiger partial charge in [0, 0.05) is 23.7 Å². The van der Waals surface area contributed by atoms with Crippen LogP contribution in [0.5, 0.6) is 11.6 Å². The first-order valence-corrected chi connectivity index (χ1v) is 13.0. The van der Waals surface area contributed by atoms with Crippen molar-refractivity contribution in [2.75, 3.05) is 14.2 Å². The van der Waals surface area contributed by atoms with Crippen LogP contribution in [0.3, 0.4) is 0 Å². The number of ether oxygens (including phenoxy) is 2. The Morgan fingerprint density at radius 1 is 1.24 bits per heavy atom. The first-order chi connectivity index (χ1) is 18.0. The van der Waals surface area contributed by atoms with Crippen molar-refractivity contribution >= 4 is 5.97 Å². The van der Waals surface area contributed by atoms with E-state index in [0.29, 0.717) is 24.4 Å². The molecule has 0 radical (unpaired) electrons. The number of aromatic nitrogens is 1. The summed E-state index contributed by atoms with van der Waals surface area (Å²) >= 11 is 0. The van der Waals surface area contributed by atoms with Crippen LogP contribution in [0, 0.1) is 11.7 Å². The highest BCUT2D eigenvalue weighted by Crippen LogP contribution is 2.39. The van der Waals surface area contributed by atoms with Crippen LogP contribution in [-0.2, 0) is 24.2 Å². The van der Waals surface area contributed by atoms with E-state index in [0.717, 1.165) is 46.4 Å².